The molecule has 3 aromatic rings. The number of fused-ring (bicyclic) bond motifs is 1. The normalized spacial score (nSPS) is 10.4. The van der Waals surface area contributed by atoms with Gasteiger partial charge in [0.05, 0.1) is 24.1 Å². The number of carbonyl (C=O) groups is 2. The second-order valence-electron chi connectivity index (χ2n) is 5.73. The lowest BCUT2D eigenvalue weighted by atomic mass is 10.2. The average molecular weight is 400 g/mol. The molecule has 0 spiro atoms. The minimum absolute atomic E-state index is 0.205. The van der Waals surface area contributed by atoms with Gasteiger partial charge in [0.15, 0.2) is 5.13 Å². The van der Waals surface area contributed by atoms with Crippen molar-refractivity contribution >= 4 is 50.0 Å². The number of urea groups is 1. The molecule has 28 heavy (non-hydrogen) atoms. The molecule has 0 saturated carbocycles. The minimum atomic E-state index is -0.417. The predicted molar refractivity (Wildman–Crippen MR) is 111 cm³/mol. The smallest absolute Gasteiger partial charge is 0.323 e. The molecule has 0 bridgehead atoms. The molecule has 1 heterocycles. The summed E-state index contributed by atoms with van der Waals surface area (Å²) in [6, 6.07) is 10.2. The summed E-state index contributed by atoms with van der Waals surface area (Å²) in [6.45, 7) is 3.79. The molecular weight excluding hydrogens is 380 g/mol. The highest BCUT2D eigenvalue weighted by atomic mass is 32.1. The zero-order valence-corrected chi connectivity index (χ0v) is 16.5. The largest absolute Gasteiger partial charge is 0.494 e. The highest BCUT2D eigenvalue weighted by molar-refractivity contribution is 7.22. The first-order chi connectivity index (χ1) is 13.5. The molecule has 0 aliphatic carbocycles. The summed E-state index contributed by atoms with van der Waals surface area (Å²) in [5, 5.41) is 8.68. The number of benzene rings is 2. The van der Waals surface area contributed by atoms with Gasteiger partial charge in [0, 0.05) is 18.7 Å². The van der Waals surface area contributed by atoms with Crippen LogP contribution in [-0.4, -0.2) is 30.6 Å². The van der Waals surface area contributed by atoms with Crippen LogP contribution in [0.4, 0.5) is 21.3 Å². The van der Waals surface area contributed by atoms with E-state index in [-0.39, 0.29) is 5.91 Å². The maximum Gasteiger partial charge on any atom is 0.323 e. The van der Waals surface area contributed by atoms with Gasteiger partial charge in [-0.3, -0.25) is 4.79 Å². The Bertz CT molecular complexity index is 1020. The summed E-state index contributed by atoms with van der Waals surface area (Å²) in [5.41, 5.74) is 1.72. The molecule has 2 aromatic carbocycles. The summed E-state index contributed by atoms with van der Waals surface area (Å²) < 4.78 is 11.7. The molecule has 1 aromatic heterocycles. The molecule has 0 atom stereocenters. The molecule has 0 aliphatic heterocycles. The molecule has 8 nitrogen and oxygen atoms in total. The van der Waals surface area contributed by atoms with E-state index in [1.54, 1.807) is 24.3 Å². The van der Waals surface area contributed by atoms with E-state index in [2.05, 4.69) is 20.9 Å². The number of rotatable bonds is 6. The number of carbonyl (C=O) groups excluding carboxylic acids is 2. The van der Waals surface area contributed by atoms with Crippen LogP contribution in [0.3, 0.4) is 0 Å². The maximum atomic E-state index is 12.4. The standard InChI is InChI=1S/C19H20N4O4S/c1-4-27-14-8-6-5-7-13(14)22-18(25)21-12-9-15(26-3)17-16(10-12)28-19(23-17)20-11(2)24/h5-10H,4H2,1-3H3,(H,20,23,24)(H2,21,22,25). The number of anilines is 3. The zero-order valence-electron chi connectivity index (χ0n) is 15.7. The molecule has 0 fully saturated rings. The van der Waals surface area contributed by atoms with Crippen LogP contribution >= 0.6 is 11.3 Å². The lowest BCUT2D eigenvalue weighted by Crippen LogP contribution is -2.20. The van der Waals surface area contributed by atoms with Crippen LogP contribution in [0.15, 0.2) is 36.4 Å². The van der Waals surface area contributed by atoms with Crippen LogP contribution in [-0.2, 0) is 4.79 Å². The third-order valence-corrected chi connectivity index (χ3v) is 4.57. The number of nitrogens with one attached hydrogen (secondary N) is 3. The maximum absolute atomic E-state index is 12.4. The lowest BCUT2D eigenvalue weighted by Gasteiger charge is -2.12. The number of amides is 3. The summed E-state index contributed by atoms with van der Waals surface area (Å²) in [6.07, 6.45) is 0. The third kappa shape index (κ3) is 4.49. The van der Waals surface area contributed by atoms with Crippen molar-refractivity contribution in [1.29, 1.82) is 0 Å². The van der Waals surface area contributed by atoms with E-state index >= 15 is 0 Å². The summed E-state index contributed by atoms with van der Waals surface area (Å²) in [4.78, 5) is 28.1. The average Bonchev–Trinajstić information content (AvgIpc) is 3.04. The highest BCUT2D eigenvalue weighted by Gasteiger charge is 2.14. The molecule has 0 unspecified atom stereocenters. The van der Waals surface area contributed by atoms with Gasteiger partial charge in [-0.25, -0.2) is 9.78 Å². The first-order valence-electron chi connectivity index (χ1n) is 8.56. The molecule has 0 saturated heterocycles. The summed E-state index contributed by atoms with van der Waals surface area (Å²) in [7, 11) is 1.52. The van der Waals surface area contributed by atoms with Crippen LogP contribution < -0.4 is 25.4 Å². The van der Waals surface area contributed by atoms with Crippen LogP contribution in [0, 0.1) is 0 Å². The van der Waals surface area contributed by atoms with Gasteiger partial charge in [-0.1, -0.05) is 23.5 Å². The van der Waals surface area contributed by atoms with Crippen molar-refractivity contribution in [3.05, 3.63) is 36.4 Å². The van der Waals surface area contributed by atoms with Crippen molar-refractivity contribution in [2.24, 2.45) is 0 Å². The van der Waals surface area contributed by atoms with Gasteiger partial charge in [-0.05, 0) is 25.1 Å². The van der Waals surface area contributed by atoms with Crippen LogP contribution in [0.5, 0.6) is 11.5 Å². The van der Waals surface area contributed by atoms with E-state index in [1.807, 2.05) is 19.1 Å². The van der Waals surface area contributed by atoms with E-state index in [9.17, 15) is 9.59 Å². The van der Waals surface area contributed by atoms with Crippen molar-refractivity contribution in [2.45, 2.75) is 13.8 Å². The van der Waals surface area contributed by atoms with E-state index in [0.717, 1.165) is 4.70 Å². The Balaban J connectivity index is 1.81. The Kier molecular flexibility index (Phi) is 5.95. The number of nitrogens with zero attached hydrogens (tertiary/aromatic N) is 1. The first-order valence-corrected chi connectivity index (χ1v) is 9.37. The highest BCUT2D eigenvalue weighted by Crippen LogP contribution is 2.35. The monoisotopic (exact) mass is 400 g/mol. The van der Waals surface area contributed by atoms with Crippen molar-refractivity contribution in [2.75, 3.05) is 29.7 Å². The van der Waals surface area contributed by atoms with Crippen molar-refractivity contribution in [3.63, 3.8) is 0 Å². The SMILES string of the molecule is CCOc1ccccc1NC(=O)Nc1cc(OC)c2nc(NC(C)=O)sc2c1. The molecule has 0 radical (unpaired) electrons. The van der Waals surface area contributed by atoms with Gasteiger partial charge >= 0.3 is 6.03 Å². The summed E-state index contributed by atoms with van der Waals surface area (Å²) in [5.74, 6) is 0.884. The third-order valence-electron chi connectivity index (χ3n) is 3.66. The van der Waals surface area contributed by atoms with E-state index < -0.39 is 6.03 Å². The van der Waals surface area contributed by atoms with E-state index in [0.29, 0.717) is 40.1 Å². The van der Waals surface area contributed by atoms with E-state index in [4.69, 9.17) is 9.47 Å². The molecule has 3 rings (SSSR count). The quantitative estimate of drug-likeness (QED) is 0.572. The van der Waals surface area contributed by atoms with Gasteiger partial charge in [0.2, 0.25) is 5.91 Å². The van der Waals surface area contributed by atoms with E-state index in [1.165, 1.54) is 25.4 Å². The van der Waals surface area contributed by atoms with Crippen molar-refractivity contribution < 1.29 is 19.1 Å². The van der Waals surface area contributed by atoms with Crippen LogP contribution in [0.25, 0.3) is 10.2 Å². The fraction of sp³-hybridized carbons (Fsp3) is 0.211. The molecule has 146 valence electrons. The second-order valence-corrected chi connectivity index (χ2v) is 6.76. The molecule has 3 amide bonds. The first kappa shape index (κ1) is 19.4. The van der Waals surface area contributed by atoms with Gasteiger partial charge in [-0.2, -0.15) is 0 Å². The predicted octanol–water partition coefficient (Wildman–Crippen LogP) is 4.31. The minimum Gasteiger partial charge on any atom is -0.494 e. The van der Waals surface area contributed by atoms with Crippen LogP contribution in [0.1, 0.15) is 13.8 Å². The fourth-order valence-corrected chi connectivity index (χ4v) is 3.54. The number of hydrogen-bond donors (Lipinski definition) is 3. The Morgan fingerprint density at radius 2 is 1.89 bits per heavy atom. The number of ether oxygens (including phenoxy) is 2. The molecule has 0 aliphatic rings. The number of aromatic nitrogens is 1. The summed E-state index contributed by atoms with van der Waals surface area (Å²) >= 11 is 1.29. The number of methoxy groups -OCH3 is 1. The lowest BCUT2D eigenvalue weighted by molar-refractivity contribution is -0.114. The van der Waals surface area contributed by atoms with Gasteiger partial charge < -0.3 is 25.4 Å². The topological polar surface area (TPSA) is 102 Å². The fourth-order valence-electron chi connectivity index (χ4n) is 2.57. The van der Waals surface area contributed by atoms with Gasteiger partial charge in [0.25, 0.3) is 0 Å². The van der Waals surface area contributed by atoms with Gasteiger partial charge in [-0.15, -0.1) is 0 Å². The molecule has 3 N–H and O–H groups in total. The molecule has 9 heteroatoms. The number of hydrogen-bond acceptors (Lipinski definition) is 6. The van der Waals surface area contributed by atoms with Gasteiger partial charge in [0.1, 0.15) is 17.0 Å². The van der Waals surface area contributed by atoms with Crippen LogP contribution in [0.2, 0.25) is 0 Å². The Morgan fingerprint density at radius 1 is 1.11 bits per heavy atom. The number of para-hydroxylation sites is 2. The second kappa shape index (κ2) is 8.57. The molecular formula is C19H20N4O4S. The Hall–Kier alpha value is -3.33. The Labute approximate surface area is 165 Å². The van der Waals surface area contributed by atoms with Crippen molar-refractivity contribution in [3.8, 4) is 11.5 Å². The zero-order chi connectivity index (χ0) is 20.1. The number of thiazole rings is 1. The van der Waals surface area contributed by atoms with Crippen molar-refractivity contribution in [1.82, 2.24) is 4.98 Å². The Morgan fingerprint density at radius 3 is 2.61 bits per heavy atom.